The molecule has 1 aromatic rings. The first-order chi connectivity index (χ1) is 8.16. The van der Waals surface area contributed by atoms with Crippen molar-refractivity contribution in [3.05, 3.63) is 23.8 Å². The molecule has 3 nitrogen and oxygen atoms in total. The molecule has 0 aromatic heterocycles. The van der Waals surface area contributed by atoms with Crippen LogP contribution in [0.4, 0.5) is 14.5 Å². The third-order valence-corrected chi connectivity index (χ3v) is 2.73. The number of ether oxygens (including phenoxy) is 2. The molecule has 1 unspecified atom stereocenters. The molecule has 1 fully saturated rings. The highest BCUT2D eigenvalue weighted by molar-refractivity contribution is 5.54. The summed E-state index contributed by atoms with van der Waals surface area (Å²) in [6.07, 6.45) is -0.420. The lowest BCUT2D eigenvalue weighted by molar-refractivity contribution is 0.0682. The van der Waals surface area contributed by atoms with Gasteiger partial charge in [-0.05, 0) is 31.0 Å². The SMILES string of the molecule is Nc1cc(C(F)F)ccc1OCC1CCCO1. The van der Waals surface area contributed by atoms with E-state index in [1.165, 1.54) is 18.2 Å². The van der Waals surface area contributed by atoms with Gasteiger partial charge >= 0.3 is 0 Å². The lowest BCUT2D eigenvalue weighted by atomic mass is 10.2. The molecule has 1 saturated heterocycles. The maximum atomic E-state index is 12.4. The molecule has 1 heterocycles. The predicted molar refractivity (Wildman–Crippen MR) is 60.3 cm³/mol. The molecule has 2 N–H and O–H groups in total. The molecule has 0 aliphatic carbocycles. The zero-order valence-corrected chi connectivity index (χ0v) is 9.36. The molecule has 1 aliphatic rings. The van der Waals surface area contributed by atoms with Crippen LogP contribution in [0.1, 0.15) is 24.8 Å². The average Bonchev–Trinajstić information content (AvgIpc) is 2.80. The summed E-state index contributed by atoms with van der Waals surface area (Å²) in [4.78, 5) is 0. The van der Waals surface area contributed by atoms with Crippen molar-refractivity contribution in [2.75, 3.05) is 18.9 Å². The van der Waals surface area contributed by atoms with Crippen molar-refractivity contribution in [2.24, 2.45) is 0 Å². The fourth-order valence-corrected chi connectivity index (χ4v) is 1.79. The number of hydrogen-bond donors (Lipinski definition) is 1. The number of nitrogens with two attached hydrogens (primary N) is 1. The van der Waals surface area contributed by atoms with Crippen LogP contribution in [0.3, 0.4) is 0 Å². The highest BCUT2D eigenvalue weighted by Crippen LogP contribution is 2.28. The molecule has 1 aromatic carbocycles. The summed E-state index contributed by atoms with van der Waals surface area (Å²) in [5, 5.41) is 0. The molecule has 17 heavy (non-hydrogen) atoms. The van der Waals surface area contributed by atoms with Gasteiger partial charge in [0.25, 0.3) is 6.43 Å². The van der Waals surface area contributed by atoms with Crippen LogP contribution in [0.2, 0.25) is 0 Å². The second kappa shape index (κ2) is 5.31. The van der Waals surface area contributed by atoms with E-state index in [1.807, 2.05) is 0 Å². The molecule has 1 atom stereocenters. The summed E-state index contributed by atoms with van der Waals surface area (Å²) < 4.78 is 35.6. The Morgan fingerprint density at radius 3 is 2.88 bits per heavy atom. The zero-order chi connectivity index (χ0) is 12.3. The Morgan fingerprint density at radius 2 is 2.29 bits per heavy atom. The Labute approximate surface area is 98.5 Å². The Balaban J connectivity index is 1.96. The van der Waals surface area contributed by atoms with Gasteiger partial charge in [-0.15, -0.1) is 0 Å². The third kappa shape index (κ3) is 3.06. The normalized spacial score (nSPS) is 19.8. The van der Waals surface area contributed by atoms with Crippen molar-refractivity contribution in [3.63, 3.8) is 0 Å². The Morgan fingerprint density at radius 1 is 1.47 bits per heavy atom. The fourth-order valence-electron chi connectivity index (χ4n) is 1.79. The lowest BCUT2D eigenvalue weighted by Crippen LogP contribution is -2.16. The summed E-state index contributed by atoms with van der Waals surface area (Å²) in [5.74, 6) is 0.435. The van der Waals surface area contributed by atoms with Gasteiger partial charge in [0.15, 0.2) is 0 Å². The smallest absolute Gasteiger partial charge is 0.263 e. The predicted octanol–water partition coefficient (Wildman–Crippen LogP) is 2.76. The molecular weight excluding hydrogens is 228 g/mol. The highest BCUT2D eigenvalue weighted by Gasteiger charge is 2.17. The zero-order valence-electron chi connectivity index (χ0n) is 9.36. The summed E-state index contributed by atoms with van der Waals surface area (Å²) >= 11 is 0. The van der Waals surface area contributed by atoms with Crippen molar-refractivity contribution < 1.29 is 18.3 Å². The minimum Gasteiger partial charge on any atom is -0.489 e. The van der Waals surface area contributed by atoms with Gasteiger partial charge in [-0.3, -0.25) is 0 Å². The molecule has 94 valence electrons. The molecule has 5 heteroatoms. The van der Waals surface area contributed by atoms with E-state index in [9.17, 15) is 8.78 Å². The summed E-state index contributed by atoms with van der Waals surface area (Å²) in [6, 6.07) is 4.05. The first-order valence-corrected chi connectivity index (χ1v) is 5.59. The number of alkyl halides is 2. The maximum absolute atomic E-state index is 12.4. The summed E-state index contributed by atoms with van der Waals surface area (Å²) in [6.45, 7) is 1.17. The quantitative estimate of drug-likeness (QED) is 0.827. The van der Waals surface area contributed by atoms with E-state index in [0.717, 1.165) is 19.4 Å². The van der Waals surface area contributed by atoms with Gasteiger partial charge in [0.2, 0.25) is 0 Å². The van der Waals surface area contributed by atoms with Gasteiger partial charge in [0, 0.05) is 12.2 Å². The number of benzene rings is 1. The van der Waals surface area contributed by atoms with E-state index < -0.39 is 6.43 Å². The van der Waals surface area contributed by atoms with Crippen molar-refractivity contribution >= 4 is 5.69 Å². The van der Waals surface area contributed by atoms with Gasteiger partial charge in [0.05, 0.1) is 11.8 Å². The molecule has 0 spiro atoms. The molecule has 0 radical (unpaired) electrons. The van der Waals surface area contributed by atoms with E-state index in [4.69, 9.17) is 15.2 Å². The fraction of sp³-hybridized carbons (Fsp3) is 0.500. The molecular formula is C12H15F2NO2. The van der Waals surface area contributed by atoms with Crippen LogP contribution in [0.15, 0.2) is 18.2 Å². The van der Waals surface area contributed by atoms with E-state index >= 15 is 0 Å². The number of hydrogen-bond acceptors (Lipinski definition) is 3. The molecule has 0 saturated carbocycles. The Hall–Kier alpha value is -1.36. The Kier molecular flexibility index (Phi) is 3.78. The van der Waals surface area contributed by atoms with Crippen LogP contribution >= 0.6 is 0 Å². The number of rotatable bonds is 4. The van der Waals surface area contributed by atoms with Crippen molar-refractivity contribution in [3.8, 4) is 5.75 Å². The van der Waals surface area contributed by atoms with E-state index in [-0.39, 0.29) is 17.4 Å². The largest absolute Gasteiger partial charge is 0.489 e. The summed E-state index contributed by atoms with van der Waals surface area (Å²) in [7, 11) is 0. The summed E-state index contributed by atoms with van der Waals surface area (Å²) in [5.41, 5.74) is 5.79. The van der Waals surface area contributed by atoms with E-state index in [2.05, 4.69) is 0 Å². The van der Waals surface area contributed by atoms with Crippen LogP contribution in [-0.2, 0) is 4.74 Å². The Bertz CT molecular complexity index is 379. The van der Waals surface area contributed by atoms with Gasteiger partial charge < -0.3 is 15.2 Å². The van der Waals surface area contributed by atoms with Crippen LogP contribution in [0.5, 0.6) is 5.75 Å². The number of anilines is 1. The second-order valence-electron chi connectivity index (χ2n) is 4.04. The van der Waals surface area contributed by atoms with Crippen molar-refractivity contribution in [1.82, 2.24) is 0 Å². The van der Waals surface area contributed by atoms with Gasteiger partial charge in [-0.25, -0.2) is 8.78 Å². The van der Waals surface area contributed by atoms with E-state index in [0.29, 0.717) is 12.4 Å². The molecule has 2 rings (SSSR count). The minimum atomic E-state index is -2.51. The van der Waals surface area contributed by atoms with Gasteiger partial charge in [-0.2, -0.15) is 0 Å². The highest BCUT2D eigenvalue weighted by atomic mass is 19.3. The van der Waals surface area contributed by atoms with Crippen molar-refractivity contribution in [2.45, 2.75) is 25.4 Å². The standard InChI is InChI=1S/C12H15F2NO2/c13-12(14)8-3-4-11(10(15)6-8)17-7-9-2-1-5-16-9/h3-4,6,9,12H,1-2,5,7,15H2. The molecule has 1 aliphatic heterocycles. The topological polar surface area (TPSA) is 44.5 Å². The second-order valence-corrected chi connectivity index (χ2v) is 4.04. The number of nitrogen functional groups attached to an aromatic ring is 1. The average molecular weight is 243 g/mol. The van der Waals surface area contributed by atoms with Gasteiger partial charge in [0.1, 0.15) is 12.4 Å². The monoisotopic (exact) mass is 243 g/mol. The van der Waals surface area contributed by atoms with Gasteiger partial charge in [-0.1, -0.05) is 0 Å². The van der Waals surface area contributed by atoms with Crippen molar-refractivity contribution in [1.29, 1.82) is 0 Å². The number of halogens is 2. The minimum absolute atomic E-state index is 0.0872. The third-order valence-electron chi connectivity index (χ3n) is 2.73. The van der Waals surface area contributed by atoms with Crippen LogP contribution in [0, 0.1) is 0 Å². The van der Waals surface area contributed by atoms with Crippen LogP contribution in [-0.4, -0.2) is 19.3 Å². The maximum Gasteiger partial charge on any atom is 0.263 e. The lowest BCUT2D eigenvalue weighted by Gasteiger charge is -2.13. The first-order valence-electron chi connectivity index (χ1n) is 5.59. The molecule has 0 bridgehead atoms. The van der Waals surface area contributed by atoms with Crippen LogP contribution < -0.4 is 10.5 Å². The van der Waals surface area contributed by atoms with E-state index in [1.54, 1.807) is 0 Å². The first kappa shape index (κ1) is 12.1. The van der Waals surface area contributed by atoms with Crippen LogP contribution in [0.25, 0.3) is 0 Å². The molecule has 0 amide bonds.